The standard InChI is InChI=1S/C19H27N3O6/c1-3-27-15-4-6-16(7-5-15)28-14(2)19(25)21-20-17(23)8-9-18(24)22-10-12-26-13-11-22/h4-7,14H,3,8-13H2,1-2H3,(H,20,23)(H,21,25)/t14-/m1/s1. The topological polar surface area (TPSA) is 106 Å². The predicted molar refractivity (Wildman–Crippen MR) is 101 cm³/mol. The van der Waals surface area contributed by atoms with Crippen LogP contribution < -0.4 is 20.3 Å². The first-order chi connectivity index (χ1) is 13.5. The van der Waals surface area contributed by atoms with Gasteiger partial charge in [0.15, 0.2) is 6.10 Å². The van der Waals surface area contributed by atoms with E-state index in [1.54, 1.807) is 36.1 Å². The molecule has 1 aliphatic heterocycles. The Morgan fingerprint density at radius 3 is 2.36 bits per heavy atom. The molecule has 0 aliphatic carbocycles. The molecule has 1 aromatic carbocycles. The van der Waals surface area contributed by atoms with Crippen LogP contribution in [0.2, 0.25) is 0 Å². The van der Waals surface area contributed by atoms with Crippen molar-refractivity contribution in [2.24, 2.45) is 0 Å². The molecule has 9 nitrogen and oxygen atoms in total. The Hall–Kier alpha value is -2.81. The lowest BCUT2D eigenvalue weighted by Gasteiger charge is -2.26. The first kappa shape index (κ1) is 21.5. The molecule has 3 amide bonds. The Morgan fingerprint density at radius 2 is 1.71 bits per heavy atom. The first-order valence-corrected chi connectivity index (χ1v) is 9.33. The Morgan fingerprint density at radius 1 is 1.07 bits per heavy atom. The molecule has 0 spiro atoms. The second kappa shape index (κ2) is 11.1. The van der Waals surface area contributed by atoms with Crippen molar-refractivity contribution in [3.8, 4) is 11.5 Å². The van der Waals surface area contributed by atoms with Gasteiger partial charge in [0.25, 0.3) is 5.91 Å². The molecule has 0 radical (unpaired) electrons. The highest BCUT2D eigenvalue weighted by molar-refractivity contribution is 5.87. The molecule has 1 fully saturated rings. The van der Waals surface area contributed by atoms with Gasteiger partial charge < -0.3 is 19.1 Å². The van der Waals surface area contributed by atoms with Crippen LogP contribution in [0.5, 0.6) is 11.5 Å². The van der Waals surface area contributed by atoms with Crippen LogP contribution in [0, 0.1) is 0 Å². The highest BCUT2D eigenvalue weighted by Gasteiger charge is 2.19. The number of ether oxygens (including phenoxy) is 3. The molecule has 28 heavy (non-hydrogen) atoms. The van der Waals surface area contributed by atoms with E-state index in [1.807, 2.05) is 6.92 Å². The number of carbonyl (C=O) groups is 3. The van der Waals surface area contributed by atoms with Crippen molar-refractivity contribution in [1.82, 2.24) is 15.8 Å². The van der Waals surface area contributed by atoms with Gasteiger partial charge in [0.1, 0.15) is 11.5 Å². The van der Waals surface area contributed by atoms with Crippen LogP contribution in [0.3, 0.4) is 0 Å². The van der Waals surface area contributed by atoms with Crippen LogP contribution in [0.15, 0.2) is 24.3 Å². The van der Waals surface area contributed by atoms with E-state index in [0.717, 1.165) is 0 Å². The maximum atomic E-state index is 12.0. The van der Waals surface area contributed by atoms with E-state index < -0.39 is 17.9 Å². The Bertz CT molecular complexity index is 658. The molecule has 0 saturated carbocycles. The molecule has 0 aromatic heterocycles. The molecule has 1 saturated heterocycles. The summed E-state index contributed by atoms with van der Waals surface area (Å²) in [7, 11) is 0. The summed E-state index contributed by atoms with van der Waals surface area (Å²) in [6.45, 7) is 6.13. The van der Waals surface area contributed by atoms with Gasteiger partial charge in [-0.05, 0) is 38.1 Å². The molecule has 1 heterocycles. The van der Waals surface area contributed by atoms with Gasteiger partial charge in [-0.1, -0.05) is 0 Å². The lowest BCUT2D eigenvalue weighted by atomic mass is 10.2. The van der Waals surface area contributed by atoms with Gasteiger partial charge in [0, 0.05) is 25.9 Å². The van der Waals surface area contributed by atoms with Crippen molar-refractivity contribution in [3.05, 3.63) is 24.3 Å². The van der Waals surface area contributed by atoms with Gasteiger partial charge in [-0.2, -0.15) is 0 Å². The average molecular weight is 393 g/mol. The fraction of sp³-hybridized carbons (Fsp3) is 0.526. The van der Waals surface area contributed by atoms with E-state index >= 15 is 0 Å². The Labute approximate surface area is 164 Å². The molecular weight excluding hydrogens is 366 g/mol. The lowest BCUT2D eigenvalue weighted by molar-refractivity contribution is -0.137. The molecule has 0 bridgehead atoms. The van der Waals surface area contributed by atoms with E-state index in [9.17, 15) is 14.4 Å². The van der Waals surface area contributed by atoms with Crippen LogP contribution >= 0.6 is 0 Å². The monoisotopic (exact) mass is 393 g/mol. The summed E-state index contributed by atoms with van der Waals surface area (Å²) in [5.41, 5.74) is 4.60. The summed E-state index contributed by atoms with van der Waals surface area (Å²) in [6.07, 6.45) is -0.738. The summed E-state index contributed by atoms with van der Waals surface area (Å²) in [5, 5.41) is 0. The van der Waals surface area contributed by atoms with Crippen LogP contribution in [0.25, 0.3) is 0 Å². The molecule has 2 rings (SSSR count). The minimum absolute atomic E-state index is 0.00933. The second-order valence-electron chi connectivity index (χ2n) is 6.20. The number of amides is 3. The normalized spacial score (nSPS) is 14.7. The molecular formula is C19H27N3O6. The SMILES string of the molecule is CCOc1ccc(O[C@H](C)C(=O)NNC(=O)CCC(=O)N2CCOCC2)cc1. The average Bonchev–Trinajstić information content (AvgIpc) is 2.72. The summed E-state index contributed by atoms with van der Waals surface area (Å²) < 4.78 is 16.1. The number of carbonyl (C=O) groups excluding carboxylic acids is 3. The number of nitrogens with one attached hydrogen (secondary N) is 2. The van der Waals surface area contributed by atoms with Crippen LogP contribution in [-0.2, 0) is 19.1 Å². The van der Waals surface area contributed by atoms with E-state index in [0.29, 0.717) is 44.4 Å². The summed E-state index contributed by atoms with van der Waals surface area (Å²) >= 11 is 0. The largest absolute Gasteiger partial charge is 0.494 e. The maximum absolute atomic E-state index is 12.0. The highest BCUT2D eigenvalue weighted by Crippen LogP contribution is 2.18. The first-order valence-electron chi connectivity index (χ1n) is 9.33. The number of hydrogen-bond donors (Lipinski definition) is 2. The zero-order chi connectivity index (χ0) is 20.4. The van der Waals surface area contributed by atoms with Crippen molar-refractivity contribution >= 4 is 17.7 Å². The number of nitrogens with zero attached hydrogens (tertiary/aromatic N) is 1. The fourth-order valence-corrected chi connectivity index (χ4v) is 2.53. The van der Waals surface area contributed by atoms with Crippen molar-refractivity contribution in [3.63, 3.8) is 0 Å². The van der Waals surface area contributed by atoms with Gasteiger partial charge in [-0.25, -0.2) is 0 Å². The third-order valence-electron chi connectivity index (χ3n) is 4.07. The van der Waals surface area contributed by atoms with E-state index in [2.05, 4.69) is 10.9 Å². The predicted octanol–water partition coefficient (Wildman–Crippen LogP) is 0.639. The Balaban J connectivity index is 1.67. The number of hydrazine groups is 1. The lowest BCUT2D eigenvalue weighted by Crippen LogP contribution is -2.47. The van der Waals surface area contributed by atoms with Gasteiger partial charge in [-0.3, -0.25) is 25.2 Å². The van der Waals surface area contributed by atoms with Gasteiger partial charge in [-0.15, -0.1) is 0 Å². The minimum atomic E-state index is -0.812. The number of benzene rings is 1. The molecule has 1 aromatic rings. The van der Waals surface area contributed by atoms with Gasteiger partial charge >= 0.3 is 0 Å². The number of rotatable bonds is 8. The molecule has 2 N–H and O–H groups in total. The molecule has 0 unspecified atom stereocenters. The second-order valence-corrected chi connectivity index (χ2v) is 6.20. The number of morpholine rings is 1. The zero-order valence-corrected chi connectivity index (χ0v) is 16.2. The Kier molecular flexibility index (Phi) is 8.54. The van der Waals surface area contributed by atoms with E-state index in [1.165, 1.54) is 0 Å². The third-order valence-corrected chi connectivity index (χ3v) is 4.07. The number of hydrogen-bond acceptors (Lipinski definition) is 6. The third kappa shape index (κ3) is 7.07. The summed E-state index contributed by atoms with van der Waals surface area (Å²) in [6, 6.07) is 6.89. The van der Waals surface area contributed by atoms with Crippen molar-refractivity contribution in [1.29, 1.82) is 0 Å². The minimum Gasteiger partial charge on any atom is -0.494 e. The van der Waals surface area contributed by atoms with Crippen LogP contribution in [-0.4, -0.2) is 61.6 Å². The molecule has 1 aliphatic rings. The van der Waals surface area contributed by atoms with E-state index in [4.69, 9.17) is 14.2 Å². The van der Waals surface area contributed by atoms with Crippen molar-refractivity contribution < 1.29 is 28.6 Å². The van der Waals surface area contributed by atoms with Gasteiger partial charge in [0.05, 0.1) is 19.8 Å². The summed E-state index contributed by atoms with van der Waals surface area (Å²) in [5.74, 6) is 0.182. The van der Waals surface area contributed by atoms with Crippen LogP contribution in [0.4, 0.5) is 0 Å². The molecule has 154 valence electrons. The fourth-order valence-electron chi connectivity index (χ4n) is 2.53. The summed E-state index contributed by atoms with van der Waals surface area (Å²) in [4.78, 5) is 37.5. The maximum Gasteiger partial charge on any atom is 0.279 e. The zero-order valence-electron chi connectivity index (χ0n) is 16.2. The molecule has 1 atom stereocenters. The quantitative estimate of drug-likeness (QED) is 0.628. The van der Waals surface area contributed by atoms with Gasteiger partial charge in [0.2, 0.25) is 11.8 Å². The van der Waals surface area contributed by atoms with E-state index in [-0.39, 0.29) is 18.7 Å². The van der Waals surface area contributed by atoms with Crippen LogP contribution in [0.1, 0.15) is 26.7 Å². The van der Waals surface area contributed by atoms with Crippen molar-refractivity contribution in [2.75, 3.05) is 32.9 Å². The van der Waals surface area contributed by atoms with Crippen molar-refractivity contribution in [2.45, 2.75) is 32.8 Å². The highest BCUT2D eigenvalue weighted by atomic mass is 16.5. The smallest absolute Gasteiger partial charge is 0.279 e. The molecule has 9 heteroatoms.